The van der Waals surface area contributed by atoms with Crippen molar-refractivity contribution >= 4 is 34.7 Å². The van der Waals surface area contributed by atoms with Gasteiger partial charge in [0.05, 0.1) is 17.9 Å². The van der Waals surface area contributed by atoms with E-state index in [9.17, 15) is 9.59 Å². The summed E-state index contributed by atoms with van der Waals surface area (Å²) in [5.74, 6) is 1.35. The number of aromatic nitrogens is 1. The second-order valence-corrected chi connectivity index (χ2v) is 11.5. The highest BCUT2D eigenvalue weighted by atomic mass is 16.2. The molecule has 1 saturated carbocycles. The van der Waals surface area contributed by atoms with Gasteiger partial charge in [-0.1, -0.05) is 26.8 Å². The number of nitrogens with zero attached hydrogens (tertiary/aromatic N) is 4. The molecule has 4 fully saturated rings. The molecule has 1 aliphatic carbocycles. The minimum absolute atomic E-state index is 0.0688. The van der Waals surface area contributed by atoms with Crippen LogP contribution in [0, 0.1) is 11.3 Å². The lowest BCUT2D eigenvalue weighted by molar-refractivity contribution is -0.136. The third-order valence-corrected chi connectivity index (χ3v) is 8.44. The average Bonchev–Trinajstić information content (AvgIpc) is 3.02. The molecule has 7 rings (SSSR count). The van der Waals surface area contributed by atoms with E-state index in [1.807, 2.05) is 17.9 Å². The molecule has 1 aromatic heterocycles. The van der Waals surface area contributed by atoms with Crippen LogP contribution in [0.1, 0.15) is 58.4 Å². The molecule has 2 unspecified atom stereocenters. The smallest absolute Gasteiger partial charge is 0.230 e. The molecule has 4 aliphatic heterocycles. The Morgan fingerprint density at radius 1 is 1.11 bits per heavy atom. The van der Waals surface area contributed by atoms with Gasteiger partial charge in [0, 0.05) is 55.0 Å². The van der Waals surface area contributed by atoms with Gasteiger partial charge in [0.1, 0.15) is 5.82 Å². The Labute approximate surface area is 207 Å². The highest BCUT2D eigenvalue weighted by molar-refractivity contribution is 6.00. The van der Waals surface area contributed by atoms with E-state index in [0.29, 0.717) is 19.0 Å². The SMILES string of the molecule is CCC(=O)N1CC2CCC1CN2c1ccc2c(c1)N(C(=O)C1CC(C)(C)C1)Cc1cccnc1N2. The Morgan fingerprint density at radius 2 is 1.91 bits per heavy atom. The van der Waals surface area contributed by atoms with Gasteiger partial charge >= 0.3 is 0 Å². The summed E-state index contributed by atoms with van der Waals surface area (Å²) >= 11 is 0. The fourth-order valence-electron chi connectivity index (χ4n) is 6.61. The number of hydrogen-bond donors (Lipinski definition) is 1. The predicted molar refractivity (Wildman–Crippen MR) is 138 cm³/mol. The van der Waals surface area contributed by atoms with Crippen LogP contribution in [0.4, 0.5) is 22.9 Å². The van der Waals surface area contributed by atoms with Crippen LogP contribution in [0.15, 0.2) is 36.5 Å². The number of piperidine rings is 2. The maximum Gasteiger partial charge on any atom is 0.230 e. The van der Waals surface area contributed by atoms with E-state index in [-0.39, 0.29) is 29.2 Å². The monoisotopic (exact) mass is 473 g/mol. The Balaban J connectivity index is 1.34. The normalized spacial score (nSPS) is 24.7. The molecule has 2 aromatic rings. The van der Waals surface area contributed by atoms with Crippen molar-refractivity contribution < 1.29 is 9.59 Å². The van der Waals surface area contributed by atoms with Gasteiger partial charge in [0.2, 0.25) is 11.8 Å². The van der Waals surface area contributed by atoms with Crippen LogP contribution < -0.4 is 15.1 Å². The van der Waals surface area contributed by atoms with E-state index in [0.717, 1.165) is 67.2 Å². The number of carbonyl (C=O) groups excluding carboxylic acids is 2. The number of fused-ring (bicyclic) bond motifs is 5. The third-order valence-electron chi connectivity index (χ3n) is 8.44. The maximum atomic E-state index is 13.8. The summed E-state index contributed by atoms with van der Waals surface area (Å²) in [7, 11) is 0. The molecule has 5 aliphatic rings. The van der Waals surface area contributed by atoms with Crippen molar-refractivity contribution in [2.24, 2.45) is 11.3 Å². The van der Waals surface area contributed by atoms with Crippen molar-refractivity contribution in [1.29, 1.82) is 0 Å². The molecule has 1 N–H and O–H groups in total. The first-order chi connectivity index (χ1) is 16.8. The molecule has 2 amide bonds. The molecule has 3 saturated heterocycles. The summed E-state index contributed by atoms with van der Waals surface area (Å²) in [4.78, 5) is 37.3. The van der Waals surface area contributed by atoms with Crippen LogP contribution in [0.3, 0.4) is 0 Å². The molecule has 0 radical (unpaired) electrons. The van der Waals surface area contributed by atoms with Gasteiger partial charge in [0.25, 0.3) is 0 Å². The Hall–Kier alpha value is -3.09. The molecule has 7 heteroatoms. The van der Waals surface area contributed by atoms with E-state index in [2.05, 4.69) is 58.2 Å². The van der Waals surface area contributed by atoms with Crippen LogP contribution in [0.5, 0.6) is 0 Å². The van der Waals surface area contributed by atoms with Crippen molar-refractivity contribution in [2.45, 2.75) is 71.5 Å². The van der Waals surface area contributed by atoms with Gasteiger partial charge < -0.3 is 20.0 Å². The minimum atomic E-state index is 0.0688. The van der Waals surface area contributed by atoms with Crippen LogP contribution in [-0.2, 0) is 16.1 Å². The first-order valence-electron chi connectivity index (χ1n) is 13.1. The van der Waals surface area contributed by atoms with Gasteiger partial charge in [0.15, 0.2) is 0 Å². The molecule has 2 atom stereocenters. The van der Waals surface area contributed by atoms with Crippen LogP contribution in [-0.4, -0.2) is 46.9 Å². The first kappa shape index (κ1) is 22.4. The lowest BCUT2D eigenvalue weighted by atomic mass is 9.64. The zero-order valence-electron chi connectivity index (χ0n) is 21.0. The Bertz CT molecular complexity index is 1170. The van der Waals surface area contributed by atoms with Crippen LogP contribution >= 0.6 is 0 Å². The fourth-order valence-corrected chi connectivity index (χ4v) is 6.61. The van der Waals surface area contributed by atoms with Crippen LogP contribution in [0.25, 0.3) is 0 Å². The van der Waals surface area contributed by atoms with Crippen molar-refractivity contribution in [3.63, 3.8) is 0 Å². The quantitative estimate of drug-likeness (QED) is 0.700. The van der Waals surface area contributed by atoms with E-state index < -0.39 is 0 Å². The number of benzene rings is 1. The topological polar surface area (TPSA) is 68.8 Å². The van der Waals surface area contributed by atoms with Crippen molar-refractivity contribution in [2.75, 3.05) is 28.2 Å². The lowest BCUT2D eigenvalue weighted by Crippen LogP contribution is -2.64. The highest BCUT2D eigenvalue weighted by Crippen LogP contribution is 2.48. The zero-order chi connectivity index (χ0) is 24.3. The second kappa shape index (κ2) is 8.25. The van der Waals surface area contributed by atoms with E-state index in [1.165, 1.54) is 0 Å². The number of piperazine rings is 1. The summed E-state index contributed by atoms with van der Waals surface area (Å²) in [5, 5.41) is 3.50. The largest absolute Gasteiger partial charge is 0.365 e. The van der Waals surface area contributed by atoms with Gasteiger partial charge in [-0.15, -0.1) is 0 Å². The molecule has 7 nitrogen and oxygen atoms in total. The Morgan fingerprint density at radius 3 is 2.63 bits per heavy atom. The molecule has 184 valence electrons. The summed E-state index contributed by atoms with van der Waals surface area (Å²) in [6.45, 7) is 8.60. The van der Waals surface area contributed by atoms with Crippen LogP contribution in [0.2, 0.25) is 0 Å². The summed E-state index contributed by atoms with van der Waals surface area (Å²) in [6, 6.07) is 11.0. The van der Waals surface area contributed by atoms with Gasteiger partial charge in [-0.2, -0.15) is 0 Å². The molecule has 5 heterocycles. The van der Waals surface area contributed by atoms with Gasteiger partial charge in [-0.3, -0.25) is 9.59 Å². The summed E-state index contributed by atoms with van der Waals surface area (Å²) in [5.41, 5.74) is 4.25. The molecule has 1 aromatic carbocycles. The molecule has 35 heavy (non-hydrogen) atoms. The number of hydrogen-bond acceptors (Lipinski definition) is 5. The molecule has 0 spiro atoms. The highest BCUT2D eigenvalue weighted by Gasteiger charge is 2.44. The molecular formula is C28H35N5O2. The zero-order valence-corrected chi connectivity index (χ0v) is 21.0. The van der Waals surface area contributed by atoms with Gasteiger partial charge in [-0.05, 0) is 55.4 Å². The van der Waals surface area contributed by atoms with E-state index in [1.54, 1.807) is 6.20 Å². The lowest BCUT2D eigenvalue weighted by Gasteiger charge is -2.52. The van der Waals surface area contributed by atoms with E-state index in [4.69, 9.17) is 0 Å². The third kappa shape index (κ3) is 3.85. The standard InChI is InChI=1S/C28H35N5O2/c1-4-25(34)32-17-21-7-8-22(32)16-31(21)20-9-10-23-24(12-20)33(27(35)19-13-28(2,3)14-19)15-18-6-5-11-29-26(18)30-23/h5-6,9-12,19,21-22H,4,7-8,13-17H2,1-3H3,(H,29,30). The number of pyridine rings is 1. The summed E-state index contributed by atoms with van der Waals surface area (Å²) < 4.78 is 0. The van der Waals surface area contributed by atoms with Gasteiger partial charge in [-0.25, -0.2) is 4.98 Å². The molecular weight excluding hydrogens is 438 g/mol. The van der Waals surface area contributed by atoms with E-state index >= 15 is 0 Å². The first-order valence-corrected chi connectivity index (χ1v) is 13.1. The second-order valence-electron chi connectivity index (χ2n) is 11.5. The predicted octanol–water partition coefficient (Wildman–Crippen LogP) is 4.70. The van der Waals surface area contributed by atoms with Crippen molar-refractivity contribution in [3.8, 4) is 0 Å². The van der Waals surface area contributed by atoms with Crippen molar-refractivity contribution in [1.82, 2.24) is 9.88 Å². The number of rotatable bonds is 3. The number of anilines is 4. The Kier molecular flexibility index (Phi) is 5.27. The maximum absolute atomic E-state index is 13.8. The fraction of sp³-hybridized carbons (Fsp3) is 0.536. The average molecular weight is 474 g/mol. The number of nitrogens with one attached hydrogen (secondary N) is 1. The minimum Gasteiger partial charge on any atom is -0.365 e. The number of carbonyl (C=O) groups is 2. The molecule has 2 bridgehead atoms. The number of amides is 2. The summed E-state index contributed by atoms with van der Waals surface area (Å²) in [6.07, 6.45) is 6.39. The van der Waals surface area contributed by atoms with Crippen molar-refractivity contribution in [3.05, 3.63) is 42.1 Å².